The third-order valence-electron chi connectivity index (χ3n) is 4.84. The van der Waals surface area contributed by atoms with Gasteiger partial charge in [-0.05, 0) is 31.2 Å². The van der Waals surface area contributed by atoms with Crippen LogP contribution in [0.2, 0.25) is 0 Å². The Kier molecular flexibility index (Phi) is 8.73. The number of β-amino-alcohol motifs (C(OH)–C–C–N with tert-alkyl or cyclic N) is 1. The van der Waals surface area contributed by atoms with E-state index in [0.717, 1.165) is 45.2 Å². The number of rotatable bonds is 9. The lowest BCUT2D eigenvalue weighted by atomic mass is 9.86. The SMILES string of the molecule is CCNC(=NCC(C)(C)Cc1ccccc1)NCC(C)(O)CN1CCOCC1. The van der Waals surface area contributed by atoms with Crippen molar-refractivity contribution in [2.45, 2.75) is 39.7 Å². The lowest BCUT2D eigenvalue weighted by molar-refractivity contribution is -0.0201. The van der Waals surface area contributed by atoms with Crippen LogP contribution in [-0.2, 0) is 11.2 Å². The number of morpholine rings is 1. The van der Waals surface area contributed by atoms with E-state index < -0.39 is 5.60 Å². The van der Waals surface area contributed by atoms with E-state index >= 15 is 0 Å². The second kappa shape index (κ2) is 10.8. The average Bonchev–Trinajstić information content (AvgIpc) is 2.65. The predicted octanol–water partition coefficient (Wildman–Crippen LogP) is 1.89. The summed E-state index contributed by atoms with van der Waals surface area (Å²) in [5.74, 6) is 0.755. The van der Waals surface area contributed by atoms with Crippen LogP contribution >= 0.6 is 0 Å². The van der Waals surface area contributed by atoms with Crippen LogP contribution in [0.5, 0.6) is 0 Å². The number of benzene rings is 1. The summed E-state index contributed by atoms with van der Waals surface area (Å²) < 4.78 is 5.38. The summed E-state index contributed by atoms with van der Waals surface area (Å²) in [6, 6.07) is 10.5. The minimum absolute atomic E-state index is 0.0556. The van der Waals surface area contributed by atoms with E-state index in [4.69, 9.17) is 9.73 Å². The Hall–Kier alpha value is -1.63. The van der Waals surface area contributed by atoms with Gasteiger partial charge in [-0.15, -0.1) is 0 Å². The van der Waals surface area contributed by atoms with Crippen molar-refractivity contribution in [1.29, 1.82) is 0 Å². The molecule has 2 rings (SSSR count). The van der Waals surface area contributed by atoms with E-state index in [1.165, 1.54) is 5.56 Å². The summed E-state index contributed by atoms with van der Waals surface area (Å²) in [7, 11) is 0. The highest BCUT2D eigenvalue weighted by molar-refractivity contribution is 5.79. The highest BCUT2D eigenvalue weighted by atomic mass is 16.5. The van der Waals surface area contributed by atoms with E-state index in [0.29, 0.717) is 19.6 Å². The Morgan fingerprint density at radius 3 is 2.46 bits per heavy atom. The summed E-state index contributed by atoms with van der Waals surface area (Å²) in [4.78, 5) is 7.03. The molecule has 6 heteroatoms. The molecule has 0 saturated carbocycles. The summed E-state index contributed by atoms with van der Waals surface area (Å²) in [6.45, 7) is 14.2. The third kappa shape index (κ3) is 8.59. The van der Waals surface area contributed by atoms with Gasteiger partial charge in [0.15, 0.2) is 5.96 Å². The quantitative estimate of drug-likeness (QED) is 0.444. The smallest absolute Gasteiger partial charge is 0.191 e. The molecule has 0 aromatic heterocycles. The Labute approximate surface area is 170 Å². The van der Waals surface area contributed by atoms with Crippen LogP contribution in [0, 0.1) is 5.41 Å². The molecule has 1 aromatic carbocycles. The lowest BCUT2D eigenvalue weighted by Crippen LogP contribution is -2.53. The molecule has 0 spiro atoms. The van der Waals surface area contributed by atoms with E-state index in [-0.39, 0.29) is 5.41 Å². The van der Waals surface area contributed by atoms with Crippen molar-refractivity contribution in [3.8, 4) is 0 Å². The topological polar surface area (TPSA) is 69.1 Å². The molecule has 28 heavy (non-hydrogen) atoms. The fourth-order valence-corrected chi connectivity index (χ4v) is 3.41. The van der Waals surface area contributed by atoms with E-state index in [1.54, 1.807) is 0 Å². The van der Waals surface area contributed by atoms with Crippen molar-refractivity contribution in [3.63, 3.8) is 0 Å². The van der Waals surface area contributed by atoms with Crippen LogP contribution in [0.3, 0.4) is 0 Å². The van der Waals surface area contributed by atoms with E-state index in [9.17, 15) is 5.11 Å². The van der Waals surface area contributed by atoms with Gasteiger partial charge in [-0.1, -0.05) is 44.2 Å². The minimum Gasteiger partial charge on any atom is -0.387 e. The Balaban J connectivity index is 1.88. The van der Waals surface area contributed by atoms with Crippen LogP contribution < -0.4 is 10.6 Å². The number of nitrogens with one attached hydrogen (secondary N) is 2. The standard InChI is InChI=1S/C22H38N4O2/c1-5-23-20(24-16-21(2,3)15-19-9-7-6-8-10-19)25-17-22(4,27)18-26-11-13-28-14-12-26/h6-10,27H,5,11-18H2,1-4H3,(H2,23,24,25). The van der Waals surface area contributed by atoms with Gasteiger partial charge in [-0.25, -0.2) is 0 Å². The van der Waals surface area contributed by atoms with Crippen LogP contribution in [0.25, 0.3) is 0 Å². The number of nitrogens with zero attached hydrogens (tertiary/aromatic N) is 2. The van der Waals surface area contributed by atoms with Crippen molar-refractivity contribution in [1.82, 2.24) is 15.5 Å². The summed E-state index contributed by atoms with van der Waals surface area (Å²) in [5.41, 5.74) is 0.557. The van der Waals surface area contributed by atoms with Crippen LogP contribution in [-0.4, -0.2) is 74.0 Å². The molecule has 1 fully saturated rings. The summed E-state index contributed by atoms with van der Waals surface area (Å²) in [5, 5.41) is 17.4. The predicted molar refractivity (Wildman–Crippen MR) is 116 cm³/mol. The maximum absolute atomic E-state index is 10.8. The first-order valence-corrected chi connectivity index (χ1v) is 10.4. The zero-order chi connectivity index (χ0) is 20.5. The molecule has 0 aliphatic carbocycles. The zero-order valence-corrected chi connectivity index (χ0v) is 18.0. The number of aliphatic imine (C=N–C) groups is 1. The largest absolute Gasteiger partial charge is 0.387 e. The fraction of sp³-hybridized carbons (Fsp3) is 0.682. The number of aliphatic hydroxyl groups is 1. The normalized spacial score (nSPS) is 18.5. The Morgan fingerprint density at radius 1 is 1.14 bits per heavy atom. The molecule has 1 saturated heterocycles. The van der Waals surface area contributed by atoms with Gasteiger partial charge in [0.2, 0.25) is 0 Å². The molecule has 158 valence electrons. The van der Waals surface area contributed by atoms with Gasteiger partial charge in [-0.3, -0.25) is 9.89 Å². The first kappa shape index (κ1) is 22.7. The summed E-state index contributed by atoms with van der Waals surface area (Å²) in [6.07, 6.45) is 0.978. The van der Waals surface area contributed by atoms with E-state index in [1.807, 2.05) is 13.0 Å². The minimum atomic E-state index is -0.826. The number of hydrogen-bond acceptors (Lipinski definition) is 4. The zero-order valence-electron chi connectivity index (χ0n) is 18.0. The average molecular weight is 391 g/mol. The number of ether oxygens (including phenoxy) is 1. The highest BCUT2D eigenvalue weighted by Crippen LogP contribution is 2.22. The van der Waals surface area contributed by atoms with Gasteiger partial charge < -0.3 is 20.5 Å². The second-order valence-corrected chi connectivity index (χ2v) is 8.76. The molecule has 1 unspecified atom stereocenters. The third-order valence-corrected chi connectivity index (χ3v) is 4.84. The summed E-state index contributed by atoms with van der Waals surface area (Å²) >= 11 is 0. The first-order valence-electron chi connectivity index (χ1n) is 10.4. The van der Waals surface area contributed by atoms with Crippen LogP contribution in [0.1, 0.15) is 33.3 Å². The van der Waals surface area contributed by atoms with Crippen LogP contribution in [0.4, 0.5) is 0 Å². The molecule has 6 nitrogen and oxygen atoms in total. The van der Waals surface area contributed by atoms with Gasteiger partial charge in [0.1, 0.15) is 0 Å². The van der Waals surface area contributed by atoms with Crippen molar-refractivity contribution in [2.75, 3.05) is 52.5 Å². The molecule has 0 amide bonds. The Morgan fingerprint density at radius 2 is 1.82 bits per heavy atom. The van der Waals surface area contributed by atoms with Crippen molar-refractivity contribution in [2.24, 2.45) is 10.4 Å². The maximum atomic E-state index is 10.8. The molecule has 1 heterocycles. The van der Waals surface area contributed by atoms with Gasteiger partial charge in [0.05, 0.1) is 18.8 Å². The molecule has 1 aliphatic heterocycles. The van der Waals surface area contributed by atoms with Crippen molar-refractivity contribution < 1.29 is 9.84 Å². The molecule has 1 aliphatic rings. The lowest BCUT2D eigenvalue weighted by Gasteiger charge is -2.34. The van der Waals surface area contributed by atoms with Crippen molar-refractivity contribution >= 4 is 5.96 Å². The van der Waals surface area contributed by atoms with Gasteiger partial charge in [-0.2, -0.15) is 0 Å². The molecule has 1 atom stereocenters. The van der Waals surface area contributed by atoms with E-state index in [2.05, 4.69) is 60.6 Å². The molecular weight excluding hydrogens is 352 g/mol. The number of guanidine groups is 1. The Bertz CT molecular complexity index is 596. The molecule has 0 bridgehead atoms. The molecular formula is C22H38N4O2. The maximum Gasteiger partial charge on any atom is 0.191 e. The van der Waals surface area contributed by atoms with Gasteiger partial charge >= 0.3 is 0 Å². The van der Waals surface area contributed by atoms with Gasteiger partial charge in [0, 0.05) is 39.3 Å². The first-order chi connectivity index (χ1) is 13.3. The molecule has 1 aromatic rings. The highest BCUT2D eigenvalue weighted by Gasteiger charge is 2.26. The second-order valence-electron chi connectivity index (χ2n) is 8.76. The van der Waals surface area contributed by atoms with Crippen LogP contribution in [0.15, 0.2) is 35.3 Å². The van der Waals surface area contributed by atoms with Gasteiger partial charge in [0.25, 0.3) is 0 Å². The monoisotopic (exact) mass is 390 g/mol. The molecule has 0 radical (unpaired) electrons. The van der Waals surface area contributed by atoms with Crippen molar-refractivity contribution in [3.05, 3.63) is 35.9 Å². The molecule has 3 N–H and O–H groups in total. The fourth-order valence-electron chi connectivity index (χ4n) is 3.41. The number of hydrogen-bond donors (Lipinski definition) is 3.